The fraction of sp³-hybridized carbons (Fsp3) is 0.160. The van der Waals surface area contributed by atoms with Gasteiger partial charge in [0.1, 0.15) is 17.6 Å². The zero-order valence-corrected chi connectivity index (χ0v) is 18.7. The fourth-order valence-corrected chi connectivity index (χ4v) is 3.47. The van der Waals surface area contributed by atoms with E-state index in [2.05, 4.69) is 0 Å². The predicted molar refractivity (Wildman–Crippen MR) is 123 cm³/mol. The van der Waals surface area contributed by atoms with Crippen molar-refractivity contribution in [3.05, 3.63) is 94.0 Å². The highest BCUT2D eigenvalue weighted by atomic mass is 35.5. The van der Waals surface area contributed by atoms with Crippen molar-refractivity contribution in [1.29, 1.82) is 5.26 Å². The number of Topliss-reactive ketones (excluding diaryl/α,β-unsaturated/α-hetero) is 2. The van der Waals surface area contributed by atoms with Crippen molar-refractivity contribution in [3.8, 4) is 17.6 Å². The highest BCUT2D eigenvalue weighted by Gasteiger charge is 2.49. The molecule has 1 unspecified atom stereocenters. The molecule has 0 aromatic heterocycles. The largest absolute Gasteiger partial charge is 0.492 e. The third-order valence-electron chi connectivity index (χ3n) is 4.68. The minimum Gasteiger partial charge on any atom is -0.492 e. The number of hydrogen-bond donors (Lipinski definition) is 0. The summed E-state index contributed by atoms with van der Waals surface area (Å²) in [7, 11) is 0. The Kier molecular flexibility index (Phi) is 7.53. The first-order valence-electron chi connectivity index (χ1n) is 9.74. The number of benzene rings is 3. The van der Waals surface area contributed by atoms with E-state index in [0.29, 0.717) is 10.8 Å². The Bertz CT molecular complexity index is 1170. The van der Waals surface area contributed by atoms with Crippen LogP contribution in [0.5, 0.6) is 11.5 Å². The summed E-state index contributed by atoms with van der Waals surface area (Å²) in [6.45, 7) is 1.79. The third-order valence-corrected chi connectivity index (χ3v) is 5.29. The quantitative estimate of drug-likeness (QED) is 0.290. The summed E-state index contributed by atoms with van der Waals surface area (Å²) in [5.41, 5.74) is -1.30. The fourth-order valence-electron chi connectivity index (χ4n) is 3.00. The van der Waals surface area contributed by atoms with E-state index in [0.717, 1.165) is 5.56 Å². The Morgan fingerprint density at radius 2 is 1.62 bits per heavy atom. The maximum atomic E-state index is 13.3. The van der Waals surface area contributed by atoms with Crippen LogP contribution in [0.4, 0.5) is 0 Å². The molecule has 5 nitrogen and oxygen atoms in total. The van der Waals surface area contributed by atoms with Gasteiger partial charge in [-0.1, -0.05) is 71.7 Å². The number of ether oxygens (including phenoxy) is 2. The lowest BCUT2D eigenvalue weighted by atomic mass is 9.88. The molecule has 0 bridgehead atoms. The van der Waals surface area contributed by atoms with Crippen molar-refractivity contribution in [1.82, 2.24) is 0 Å². The normalized spacial score (nSPS) is 12.3. The number of aryl methyl sites for hydroxylation is 1. The first-order chi connectivity index (χ1) is 15.4. The summed E-state index contributed by atoms with van der Waals surface area (Å²) in [5, 5.41) is 10.6. The summed E-state index contributed by atoms with van der Waals surface area (Å²) in [5.74, 6) is -1.08. The van der Waals surface area contributed by atoms with Gasteiger partial charge in [0.25, 0.3) is 0 Å². The minimum atomic E-state index is -2.42. The Morgan fingerprint density at radius 3 is 2.28 bits per heavy atom. The van der Waals surface area contributed by atoms with Crippen LogP contribution in [0, 0.1) is 18.3 Å². The summed E-state index contributed by atoms with van der Waals surface area (Å²) < 4.78 is 11.3. The molecule has 0 fully saturated rings. The molecule has 0 spiro atoms. The monoisotopic (exact) mass is 467 g/mol. The summed E-state index contributed by atoms with van der Waals surface area (Å²) in [6.07, 6.45) is -0.263. The summed E-state index contributed by atoms with van der Waals surface area (Å²) >= 11 is 12.3. The topological polar surface area (TPSA) is 76.4 Å². The van der Waals surface area contributed by atoms with E-state index in [1.807, 2.05) is 13.0 Å². The molecule has 7 heteroatoms. The van der Waals surface area contributed by atoms with Gasteiger partial charge in [-0.25, -0.2) is 0 Å². The van der Waals surface area contributed by atoms with E-state index in [-0.39, 0.29) is 29.4 Å². The minimum absolute atomic E-state index is 0.0517. The van der Waals surface area contributed by atoms with Gasteiger partial charge in [-0.3, -0.25) is 9.59 Å². The molecule has 0 saturated heterocycles. The molecule has 0 aliphatic carbocycles. The molecule has 0 heterocycles. The van der Waals surface area contributed by atoms with Crippen LogP contribution in [0.25, 0.3) is 0 Å². The van der Waals surface area contributed by atoms with Crippen LogP contribution in [-0.2, 0) is 4.79 Å². The van der Waals surface area contributed by atoms with Crippen molar-refractivity contribution < 1.29 is 19.1 Å². The van der Waals surface area contributed by atoms with E-state index in [9.17, 15) is 14.9 Å². The van der Waals surface area contributed by atoms with Crippen LogP contribution < -0.4 is 9.47 Å². The molecule has 1 atom stereocenters. The highest BCUT2D eigenvalue weighted by Crippen LogP contribution is 2.31. The molecule has 0 amide bonds. The number of nitriles is 1. The van der Waals surface area contributed by atoms with Gasteiger partial charge in [-0.05, 0) is 36.8 Å². The van der Waals surface area contributed by atoms with Gasteiger partial charge in [0, 0.05) is 12.0 Å². The molecule has 3 aromatic carbocycles. The van der Waals surface area contributed by atoms with Crippen LogP contribution in [0.1, 0.15) is 22.3 Å². The van der Waals surface area contributed by atoms with E-state index in [4.69, 9.17) is 32.7 Å². The van der Waals surface area contributed by atoms with E-state index < -0.39 is 17.2 Å². The van der Waals surface area contributed by atoms with Crippen molar-refractivity contribution in [3.63, 3.8) is 0 Å². The number of halogens is 2. The number of rotatable bonds is 9. The Labute approximate surface area is 196 Å². The van der Waals surface area contributed by atoms with Crippen LogP contribution in [0.3, 0.4) is 0 Å². The first kappa shape index (κ1) is 23.3. The SMILES string of the molecule is Cc1ccc(OCCC(=O)C(C#N)(Oc2ccccc2Cl)C(=O)c2ccccc2)c(Cl)c1. The number of hydrogen-bond acceptors (Lipinski definition) is 5. The van der Waals surface area contributed by atoms with Gasteiger partial charge in [0.15, 0.2) is 0 Å². The molecular weight excluding hydrogens is 449 g/mol. The molecule has 0 aliphatic rings. The van der Waals surface area contributed by atoms with Crippen molar-refractivity contribution >= 4 is 34.8 Å². The summed E-state index contributed by atoms with van der Waals surface area (Å²) in [4.78, 5) is 26.5. The zero-order valence-electron chi connectivity index (χ0n) is 17.2. The Hall–Kier alpha value is -3.33. The van der Waals surface area contributed by atoms with E-state index in [1.165, 1.54) is 18.2 Å². The zero-order chi connectivity index (χ0) is 23.1. The molecule has 3 aromatic rings. The van der Waals surface area contributed by atoms with Gasteiger partial charge < -0.3 is 9.47 Å². The number of nitrogens with zero attached hydrogens (tertiary/aromatic N) is 1. The van der Waals surface area contributed by atoms with Crippen LogP contribution in [-0.4, -0.2) is 23.8 Å². The second-order valence-corrected chi connectivity index (χ2v) is 7.79. The van der Waals surface area contributed by atoms with E-state index in [1.54, 1.807) is 54.6 Å². The predicted octanol–water partition coefficient (Wildman–Crippen LogP) is 5.86. The standard InChI is InChI=1S/C25H19Cl2NO4/c1-17-11-12-21(20(27)15-17)31-14-13-23(29)25(16-28,24(30)18-7-3-2-4-8-18)32-22-10-6-5-9-19(22)26/h2-12,15H,13-14H2,1H3. The number of carbonyl (C=O) groups is 2. The molecule has 0 aliphatic heterocycles. The molecular formula is C25H19Cl2NO4. The first-order valence-corrected chi connectivity index (χ1v) is 10.5. The number of para-hydroxylation sites is 1. The van der Waals surface area contributed by atoms with Gasteiger partial charge in [-0.15, -0.1) is 0 Å². The van der Waals surface area contributed by atoms with Crippen LogP contribution >= 0.6 is 23.2 Å². The molecule has 162 valence electrons. The van der Waals surface area contributed by atoms with E-state index >= 15 is 0 Å². The summed E-state index contributed by atoms with van der Waals surface area (Å²) in [6, 6.07) is 21.4. The van der Waals surface area contributed by atoms with Crippen molar-refractivity contribution in [2.45, 2.75) is 18.9 Å². The van der Waals surface area contributed by atoms with Gasteiger partial charge in [0.05, 0.1) is 16.7 Å². The number of carbonyl (C=O) groups excluding carboxylic acids is 2. The lowest BCUT2D eigenvalue weighted by molar-refractivity contribution is -0.128. The average molecular weight is 468 g/mol. The lowest BCUT2D eigenvalue weighted by Gasteiger charge is -2.26. The van der Waals surface area contributed by atoms with Crippen LogP contribution in [0.2, 0.25) is 10.0 Å². The Balaban J connectivity index is 1.88. The molecule has 32 heavy (non-hydrogen) atoms. The van der Waals surface area contributed by atoms with Crippen molar-refractivity contribution in [2.75, 3.05) is 6.61 Å². The van der Waals surface area contributed by atoms with Crippen molar-refractivity contribution in [2.24, 2.45) is 0 Å². The van der Waals surface area contributed by atoms with Gasteiger partial charge in [0.2, 0.25) is 11.6 Å². The maximum absolute atomic E-state index is 13.3. The number of ketones is 2. The van der Waals surface area contributed by atoms with Gasteiger partial charge >= 0.3 is 5.60 Å². The third kappa shape index (κ3) is 5.11. The van der Waals surface area contributed by atoms with Gasteiger partial charge in [-0.2, -0.15) is 5.26 Å². The maximum Gasteiger partial charge on any atom is 0.314 e. The average Bonchev–Trinajstić information content (AvgIpc) is 2.80. The lowest BCUT2D eigenvalue weighted by Crippen LogP contribution is -2.51. The Morgan fingerprint density at radius 1 is 0.938 bits per heavy atom. The second kappa shape index (κ2) is 10.3. The second-order valence-electron chi connectivity index (χ2n) is 6.98. The smallest absolute Gasteiger partial charge is 0.314 e. The molecule has 3 rings (SSSR count). The molecule has 0 N–H and O–H groups in total. The molecule has 0 radical (unpaired) electrons. The molecule has 0 saturated carbocycles. The highest BCUT2D eigenvalue weighted by molar-refractivity contribution is 6.32. The van der Waals surface area contributed by atoms with Crippen LogP contribution in [0.15, 0.2) is 72.8 Å².